The van der Waals surface area contributed by atoms with Gasteiger partial charge < -0.3 is 9.94 Å². The minimum absolute atomic E-state index is 0.116. The van der Waals surface area contributed by atoms with E-state index in [1.54, 1.807) is 19.1 Å². The molecule has 31 heavy (non-hydrogen) atoms. The molecule has 2 N–H and O–H groups in total. The smallest absolute Gasteiger partial charge is 0.232 e. The standard InChI is InChI=1S/C21H21F2N3O4S/c1-4-31(28,29)25-16-6-8-19(30-20-7-5-15(22)11-18(20)23)17(12-16)14-9-13(2)26(27)21(10-14)24-3/h5-12,25,27H,4H2,1-3H3. The van der Waals surface area contributed by atoms with Crippen molar-refractivity contribution < 1.29 is 27.1 Å². The van der Waals surface area contributed by atoms with Crippen LogP contribution in [-0.4, -0.2) is 31.2 Å². The van der Waals surface area contributed by atoms with Crippen LogP contribution in [-0.2, 0) is 10.0 Å². The monoisotopic (exact) mass is 449 g/mol. The average Bonchev–Trinajstić information content (AvgIpc) is 2.72. The van der Waals surface area contributed by atoms with Crippen molar-refractivity contribution in [3.8, 4) is 22.6 Å². The number of nitrogens with one attached hydrogen (secondary N) is 1. The maximum absolute atomic E-state index is 14.1. The van der Waals surface area contributed by atoms with Crippen molar-refractivity contribution in [1.29, 1.82) is 0 Å². The summed E-state index contributed by atoms with van der Waals surface area (Å²) < 4.78 is 60.4. The normalized spacial score (nSPS) is 12.1. The molecule has 7 nitrogen and oxygen atoms in total. The molecule has 164 valence electrons. The molecule has 0 saturated carbocycles. The summed E-state index contributed by atoms with van der Waals surface area (Å²) in [4.78, 5) is 4.01. The maximum Gasteiger partial charge on any atom is 0.232 e. The van der Waals surface area contributed by atoms with Gasteiger partial charge in [0, 0.05) is 24.4 Å². The van der Waals surface area contributed by atoms with Crippen LogP contribution in [0.25, 0.3) is 11.1 Å². The maximum atomic E-state index is 14.1. The molecular formula is C21H21F2N3O4S. The van der Waals surface area contributed by atoms with Gasteiger partial charge in [0.25, 0.3) is 0 Å². The molecule has 0 radical (unpaired) electrons. The Morgan fingerprint density at radius 1 is 1.10 bits per heavy atom. The first-order valence-electron chi connectivity index (χ1n) is 9.27. The molecular weight excluding hydrogens is 428 g/mol. The predicted molar refractivity (Wildman–Crippen MR) is 113 cm³/mol. The first-order chi connectivity index (χ1) is 14.6. The molecule has 3 aromatic rings. The van der Waals surface area contributed by atoms with Gasteiger partial charge in [0.15, 0.2) is 17.1 Å². The molecule has 0 spiro atoms. The number of aromatic nitrogens is 1. The number of ether oxygens (including phenoxy) is 1. The molecule has 3 rings (SSSR count). The number of pyridine rings is 1. The summed E-state index contributed by atoms with van der Waals surface area (Å²) in [6.45, 7) is 3.16. The fourth-order valence-corrected chi connectivity index (χ4v) is 3.49. The summed E-state index contributed by atoms with van der Waals surface area (Å²) in [7, 11) is -2.04. The Hall–Kier alpha value is -3.40. The lowest BCUT2D eigenvalue weighted by Gasteiger charge is -2.16. The summed E-state index contributed by atoms with van der Waals surface area (Å²) >= 11 is 0. The van der Waals surface area contributed by atoms with Gasteiger partial charge in [0.05, 0.1) is 11.4 Å². The van der Waals surface area contributed by atoms with Crippen LogP contribution >= 0.6 is 0 Å². The number of hydrogen-bond donors (Lipinski definition) is 2. The van der Waals surface area contributed by atoms with Crippen molar-refractivity contribution in [2.24, 2.45) is 4.99 Å². The highest BCUT2D eigenvalue weighted by Gasteiger charge is 2.15. The van der Waals surface area contributed by atoms with Gasteiger partial charge in [-0.25, -0.2) is 17.2 Å². The lowest BCUT2D eigenvalue weighted by atomic mass is 10.0. The highest BCUT2D eigenvalue weighted by atomic mass is 32.2. The first-order valence-corrected chi connectivity index (χ1v) is 10.9. The number of sulfonamides is 1. The number of aryl methyl sites for hydroxylation is 1. The zero-order valence-electron chi connectivity index (χ0n) is 17.1. The zero-order chi connectivity index (χ0) is 22.8. The van der Waals surface area contributed by atoms with Crippen molar-refractivity contribution in [3.63, 3.8) is 0 Å². The van der Waals surface area contributed by atoms with Crippen LogP contribution in [0, 0.1) is 18.6 Å². The predicted octanol–water partition coefficient (Wildman–Crippen LogP) is 4.06. The van der Waals surface area contributed by atoms with E-state index in [1.165, 1.54) is 32.2 Å². The number of halogens is 2. The molecule has 1 heterocycles. The molecule has 0 aliphatic rings. The highest BCUT2D eigenvalue weighted by molar-refractivity contribution is 7.92. The van der Waals surface area contributed by atoms with E-state index in [1.807, 2.05) is 0 Å². The topological polar surface area (TPSA) is 92.9 Å². The average molecular weight is 449 g/mol. The Bertz CT molecular complexity index is 1300. The fourth-order valence-electron chi connectivity index (χ4n) is 2.86. The Morgan fingerprint density at radius 3 is 2.45 bits per heavy atom. The highest BCUT2D eigenvalue weighted by Crippen LogP contribution is 2.36. The Kier molecular flexibility index (Phi) is 6.30. The first kappa shape index (κ1) is 22.3. The quantitative estimate of drug-likeness (QED) is 0.555. The molecule has 0 unspecified atom stereocenters. The fraction of sp³-hybridized carbons (Fsp3) is 0.190. The summed E-state index contributed by atoms with van der Waals surface area (Å²) in [6.07, 6.45) is 0. The van der Waals surface area contributed by atoms with Gasteiger partial charge >= 0.3 is 0 Å². The molecule has 10 heteroatoms. The number of benzene rings is 2. The van der Waals surface area contributed by atoms with Crippen LogP contribution < -0.4 is 14.9 Å². The molecule has 2 aromatic carbocycles. The van der Waals surface area contributed by atoms with Gasteiger partial charge in [-0.1, -0.05) is 0 Å². The Morgan fingerprint density at radius 2 is 1.81 bits per heavy atom. The zero-order valence-corrected chi connectivity index (χ0v) is 17.9. The second-order valence-corrected chi connectivity index (χ2v) is 8.68. The molecule has 0 bridgehead atoms. The van der Waals surface area contributed by atoms with Crippen molar-refractivity contribution in [2.75, 3.05) is 17.5 Å². The van der Waals surface area contributed by atoms with E-state index in [0.717, 1.165) is 16.9 Å². The minimum atomic E-state index is -3.54. The minimum Gasteiger partial charge on any atom is -0.454 e. The van der Waals surface area contributed by atoms with Crippen LogP contribution in [0.4, 0.5) is 14.5 Å². The van der Waals surface area contributed by atoms with Crippen LogP contribution in [0.5, 0.6) is 11.5 Å². The summed E-state index contributed by atoms with van der Waals surface area (Å²) in [5.74, 6) is -1.75. The van der Waals surface area contributed by atoms with Crippen molar-refractivity contribution in [2.45, 2.75) is 13.8 Å². The van der Waals surface area contributed by atoms with Gasteiger partial charge in [0.2, 0.25) is 10.0 Å². The summed E-state index contributed by atoms with van der Waals surface area (Å²) in [5.41, 5.74) is 1.93. The molecule has 0 atom stereocenters. The largest absolute Gasteiger partial charge is 0.454 e. The second kappa shape index (κ2) is 8.76. The van der Waals surface area contributed by atoms with E-state index in [2.05, 4.69) is 9.71 Å². The van der Waals surface area contributed by atoms with E-state index in [9.17, 15) is 22.4 Å². The number of hydrogen-bond acceptors (Lipinski definition) is 5. The molecule has 0 amide bonds. The van der Waals surface area contributed by atoms with E-state index in [4.69, 9.17) is 4.74 Å². The van der Waals surface area contributed by atoms with E-state index in [0.29, 0.717) is 22.9 Å². The number of anilines is 1. The van der Waals surface area contributed by atoms with Crippen LogP contribution in [0.2, 0.25) is 0 Å². The lowest BCUT2D eigenvalue weighted by molar-refractivity contribution is 0.165. The number of rotatable bonds is 6. The molecule has 0 fully saturated rings. The van der Waals surface area contributed by atoms with Gasteiger partial charge in [0.1, 0.15) is 11.6 Å². The third kappa shape index (κ3) is 5.02. The van der Waals surface area contributed by atoms with E-state index in [-0.39, 0.29) is 28.4 Å². The third-order valence-electron chi connectivity index (χ3n) is 4.49. The van der Waals surface area contributed by atoms with Crippen molar-refractivity contribution in [3.05, 3.63) is 71.3 Å². The van der Waals surface area contributed by atoms with Crippen LogP contribution in [0.3, 0.4) is 0 Å². The third-order valence-corrected chi connectivity index (χ3v) is 5.79. The summed E-state index contributed by atoms with van der Waals surface area (Å²) in [5, 5.41) is 10.1. The van der Waals surface area contributed by atoms with Gasteiger partial charge in [-0.3, -0.25) is 9.71 Å². The lowest BCUT2D eigenvalue weighted by Crippen LogP contribution is -2.20. The molecule has 0 saturated heterocycles. The van der Waals surface area contributed by atoms with Gasteiger partial charge in [-0.2, -0.15) is 4.73 Å². The van der Waals surface area contributed by atoms with Gasteiger partial charge in [-0.05, 0) is 61.9 Å². The molecule has 1 aromatic heterocycles. The SMILES string of the molecule is CCS(=O)(=O)Nc1ccc(Oc2ccc(F)cc2F)c(-c2cc(C)n(O)c(=NC)c2)c1. The van der Waals surface area contributed by atoms with Crippen LogP contribution in [0.1, 0.15) is 12.6 Å². The second-order valence-electron chi connectivity index (χ2n) is 6.67. The summed E-state index contributed by atoms with van der Waals surface area (Å²) in [6, 6.07) is 10.6. The van der Waals surface area contributed by atoms with Crippen LogP contribution in [0.15, 0.2) is 53.5 Å². The molecule has 0 aliphatic heterocycles. The number of nitrogens with zero attached hydrogens (tertiary/aromatic N) is 2. The Labute approximate surface area is 178 Å². The van der Waals surface area contributed by atoms with Crippen molar-refractivity contribution >= 4 is 15.7 Å². The molecule has 0 aliphatic carbocycles. The van der Waals surface area contributed by atoms with E-state index >= 15 is 0 Å². The van der Waals surface area contributed by atoms with Gasteiger partial charge in [-0.15, -0.1) is 0 Å². The Balaban J connectivity index is 2.18. The van der Waals surface area contributed by atoms with Crippen molar-refractivity contribution in [1.82, 2.24) is 4.73 Å². The van der Waals surface area contributed by atoms with E-state index < -0.39 is 21.7 Å².